The molecule has 0 N–H and O–H groups in total. The van der Waals surface area contributed by atoms with Crippen molar-refractivity contribution in [2.24, 2.45) is 11.8 Å². The van der Waals surface area contributed by atoms with Gasteiger partial charge in [-0.15, -0.1) is 0 Å². The Morgan fingerprint density at radius 1 is 1.04 bits per heavy atom. The van der Waals surface area contributed by atoms with Gasteiger partial charge in [0.15, 0.2) is 0 Å². The zero-order valence-corrected chi connectivity index (χ0v) is 14.9. The SMILES string of the molecule is Cc1cnn(CCN2CC3CN(c4cc(C5CC5)ncn4)CC3C2)c1. The lowest BCUT2D eigenvalue weighted by atomic mass is 10.0. The van der Waals surface area contributed by atoms with Crippen LogP contribution in [0.3, 0.4) is 0 Å². The van der Waals surface area contributed by atoms with Gasteiger partial charge in [-0.3, -0.25) is 4.68 Å². The molecule has 3 aliphatic rings. The maximum atomic E-state index is 4.55. The molecule has 4 heterocycles. The maximum Gasteiger partial charge on any atom is 0.132 e. The number of nitrogens with zero attached hydrogens (tertiary/aromatic N) is 6. The summed E-state index contributed by atoms with van der Waals surface area (Å²) in [7, 11) is 0. The molecule has 2 aromatic heterocycles. The third kappa shape index (κ3) is 3.15. The molecule has 0 spiro atoms. The quantitative estimate of drug-likeness (QED) is 0.834. The molecule has 6 heteroatoms. The van der Waals surface area contributed by atoms with Crippen LogP contribution in [0, 0.1) is 18.8 Å². The molecule has 0 radical (unpaired) electrons. The van der Waals surface area contributed by atoms with Gasteiger partial charge in [0.1, 0.15) is 12.1 Å². The second-order valence-electron chi connectivity index (χ2n) is 8.04. The zero-order chi connectivity index (χ0) is 16.8. The average molecular weight is 338 g/mol. The van der Waals surface area contributed by atoms with Crippen LogP contribution >= 0.6 is 0 Å². The van der Waals surface area contributed by atoms with Crippen molar-refractivity contribution < 1.29 is 0 Å². The Morgan fingerprint density at radius 3 is 2.52 bits per heavy atom. The molecule has 2 unspecified atom stereocenters. The van der Waals surface area contributed by atoms with Crippen molar-refractivity contribution in [2.75, 3.05) is 37.6 Å². The fourth-order valence-electron chi connectivity index (χ4n) is 4.43. The van der Waals surface area contributed by atoms with Crippen LogP contribution in [0.15, 0.2) is 24.8 Å². The number of aromatic nitrogens is 4. The number of rotatable bonds is 5. The first-order chi connectivity index (χ1) is 12.2. The summed E-state index contributed by atoms with van der Waals surface area (Å²) in [5.74, 6) is 3.40. The zero-order valence-electron chi connectivity index (χ0n) is 14.9. The van der Waals surface area contributed by atoms with Crippen LogP contribution in [0.5, 0.6) is 0 Å². The molecule has 5 rings (SSSR count). The average Bonchev–Trinajstić information content (AvgIpc) is 3.10. The van der Waals surface area contributed by atoms with Gasteiger partial charge in [-0.05, 0) is 37.2 Å². The van der Waals surface area contributed by atoms with E-state index in [-0.39, 0.29) is 0 Å². The highest BCUT2D eigenvalue weighted by molar-refractivity contribution is 5.42. The smallest absolute Gasteiger partial charge is 0.132 e. The van der Waals surface area contributed by atoms with Crippen LogP contribution in [0.1, 0.15) is 30.0 Å². The number of fused-ring (bicyclic) bond motifs is 1. The lowest BCUT2D eigenvalue weighted by molar-refractivity contribution is 0.296. The van der Waals surface area contributed by atoms with Gasteiger partial charge in [0.2, 0.25) is 0 Å². The predicted octanol–water partition coefficient (Wildman–Crippen LogP) is 1.93. The molecule has 132 valence electrons. The van der Waals surface area contributed by atoms with Crippen molar-refractivity contribution in [1.29, 1.82) is 0 Å². The third-order valence-electron chi connectivity index (χ3n) is 5.96. The van der Waals surface area contributed by atoms with Gasteiger partial charge >= 0.3 is 0 Å². The van der Waals surface area contributed by atoms with E-state index in [0.29, 0.717) is 5.92 Å². The van der Waals surface area contributed by atoms with Crippen LogP contribution in [0.4, 0.5) is 5.82 Å². The van der Waals surface area contributed by atoms with E-state index < -0.39 is 0 Å². The molecular weight excluding hydrogens is 312 g/mol. The van der Waals surface area contributed by atoms with Crippen molar-refractivity contribution >= 4 is 5.82 Å². The predicted molar refractivity (Wildman–Crippen MR) is 96.6 cm³/mol. The van der Waals surface area contributed by atoms with E-state index in [9.17, 15) is 0 Å². The molecule has 6 nitrogen and oxygen atoms in total. The summed E-state index contributed by atoms with van der Waals surface area (Å²) in [4.78, 5) is 14.1. The summed E-state index contributed by atoms with van der Waals surface area (Å²) in [6, 6.07) is 2.23. The molecule has 2 atom stereocenters. The Labute approximate surface area is 148 Å². The first kappa shape index (κ1) is 15.3. The van der Waals surface area contributed by atoms with Crippen molar-refractivity contribution in [3.8, 4) is 0 Å². The maximum absolute atomic E-state index is 4.55. The van der Waals surface area contributed by atoms with Crippen molar-refractivity contribution in [2.45, 2.75) is 32.2 Å². The molecule has 25 heavy (non-hydrogen) atoms. The Morgan fingerprint density at radius 2 is 1.84 bits per heavy atom. The molecule has 0 aromatic carbocycles. The topological polar surface area (TPSA) is 50.1 Å². The summed E-state index contributed by atoms with van der Waals surface area (Å²) in [6.07, 6.45) is 8.42. The molecule has 1 aliphatic carbocycles. The van der Waals surface area contributed by atoms with Gasteiger partial charge in [-0.25, -0.2) is 9.97 Å². The van der Waals surface area contributed by atoms with E-state index in [1.54, 1.807) is 6.33 Å². The van der Waals surface area contributed by atoms with Gasteiger partial charge in [0, 0.05) is 56.6 Å². The Kier molecular flexibility index (Phi) is 3.73. The summed E-state index contributed by atoms with van der Waals surface area (Å²) in [5.41, 5.74) is 2.49. The van der Waals surface area contributed by atoms with E-state index in [2.05, 4.69) is 48.7 Å². The Balaban J connectivity index is 1.17. The Hall–Kier alpha value is -1.95. The van der Waals surface area contributed by atoms with Gasteiger partial charge < -0.3 is 9.80 Å². The molecular formula is C19H26N6. The van der Waals surface area contributed by atoms with Crippen LogP contribution in [-0.2, 0) is 6.54 Å². The normalized spacial score (nSPS) is 26.4. The number of anilines is 1. The second-order valence-corrected chi connectivity index (χ2v) is 8.04. The Bertz CT molecular complexity index is 738. The van der Waals surface area contributed by atoms with Gasteiger partial charge in [-0.2, -0.15) is 5.10 Å². The first-order valence-electron chi connectivity index (χ1n) is 9.53. The molecule has 2 saturated heterocycles. The highest BCUT2D eigenvalue weighted by Gasteiger charge is 2.40. The molecule has 2 aliphatic heterocycles. The van der Waals surface area contributed by atoms with Gasteiger partial charge in [0.05, 0.1) is 12.7 Å². The molecule has 0 bridgehead atoms. The minimum atomic E-state index is 0.699. The summed E-state index contributed by atoms with van der Waals surface area (Å²) >= 11 is 0. The van der Waals surface area contributed by atoms with Crippen LogP contribution in [0.25, 0.3) is 0 Å². The third-order valence-corrected chi connectivity index (χ3v) is 5.96. The summed E-state index contributed by atoms with van der Waals surface area (Å²) < 4.78 is 2.07. The summed E-state index contributed by atoms with van der Waals surface area (Å²) in [5, 5.41) is 4.40. The first-order valence-corrected chi connectivity index (χ1v) is 9.53. The van der Waals surface area contributed by atoms with Crippen molar-refractivity contribution in [3.05, 3.63) is 36.0 Å². The number of hydrogen-bond donors (Lipinski definition) is 0. The van der Waals surface area contributed by atoms with Crippen molar-refractivity contribution in [3.63, 3.8) is 0 Å². The highest BCUT2D eigenvalue weighted by Crippen LogP contribution is 2.40. The standard InChI is InChI=1S/C19H26N6/c1-14-7-22-25(8-14)5-4-23-9-16-11-24(12-17(16)10-23)19-6-18(15-2-3-15)20-13-21-19/h6-8,13,15-17H,2-5,9-12H2,1H3. The van der Waals surface area contributed by atoms with Crippen LogP contribution in [-0.4, -0.2) is 57.4 Å². The minimum Gasteiger partial charge on any atom is -0.356 e. The van der Waals surface area contributed by atoms with Gasteiger partial charge in [-0.1, -0.05) is 0 Å². The fraction of sp³-hybridized carbons (Fsp3) is 0.632. The lowest BCUT2D eigenvalue weighted by Gasteiger charge is -2.22. The van der Waals surface area contributed by atoms with E-state index in [1.165, 1.54) is 37.2 Å². The van der Waals surface area contributed by atoms with E-state index in [0.717, 1.165) is 43.8 Å². The van der Waals surface area contributed by atoms with Gasteiger partial charge in [0.25, 0.3) is 0 Å². The highest BCUT2D eigenvalue weighted by atomic mass is 15.3. The number of hydrogen-bond acceptors (Lipinski definition) is 5. The largest absolute Gasteiger partial charge is 0.356 e. The monoisotopic (exact) mass is 338 g/mol. The molecule has 2 aromatic rings. The van der Waals surface area contributed by atoms with Crippen molar-refractivity contribution in [1.82, 2.24) is 24.6 Å². The van der Waals surface area contributed by atoms with E-state index >= 15 is 0 Å². The lowest BCUT2D eigenvalue weighted by Crippen LogP contribution is -2.31. The second kappa shape index (κ2) is 6.09. The number of aryl methyl sites for hydroxylation is 1. The summed E-state index contributed by atoms with van der Waals surface area (Å²) in [6.45, 7) is 8.90. The molecule has 1 saturated carbocycles. The van der Waals surface area contributed by atoms with Crippen LogP contribution in [0.2, 0.25) is 0 Å². The van der Waals surface area contributed by atoms with Crippen LogP contribution < -0.4 is 4.90 Å². The fourth-order valence-corrected chi connectivity index (χ4v) is 4.43. The minimum absolute atomic E-state index is 0.699. The van der Waals surface area contributed by atoms with E-state index in [1.807, 2.05) is 6.20 Å². The number of likely N-dealkylation sites (tertiary alicyclic amines) is 1. The van der Waals surface area contributed by atoms with E-state index in [4.69, 9.17) is 0 Å². The molecule has 3 fully saturated rings. The molecule has 0 amide bonds.